The number of aromatic nitrogens is 4. The number of hydrogen-bond acceptors (Lipinski definition) is 6. The molecule has 3 heterocycles. The van der Waals surface area contributed by atoms with Crippen molar-refractivity contribution >= 4 is 22.4 Å². The predicted molar refractivity (Wildman–Crippen MR) is 122 cm³/mol. The van der Waals surface area contributed by atoms with Crippen molar-refractivity contribution in [1.29, 1.82) is 0 Å². The van der Waals surface area contributed by atoms with E-state index in [4.69, 9.17) is 4.74 Å². The molecule has 0 saturated carbocycles. The van der Waals surface area contributed by atoms with Gasteiger partial charge in [0, 0.05) is 17.0 Å². The standard InChI is InChI=1S/C23H22FN5O2S/c1-4-31-15-9-10-19(25-11-15)20-13-32-23(27-20)28-22(30)17-12-26-29(14(2)3)21(17)16-7-5-6-8-18(16)24/h5-14H,4H2,1-3H3,(H,27,28,30). The Kier molecular flexibility index (Phi) is 6.27. The summed E-state index contributed by atoms with van der Waals surface area (Å²) in [6.45, 7) is 6.33. The van der Waals surface area contributed by atoms with Gasteiger partial charge in [0.25, 0.3) is 5.91 Å². The summed E-state index contributed by atoms with van der Waals surface area (Å²) in [5, 5.41) is 9.35. The van der Waals surface area contributed by atoms with Gasteiger partial charge in [0.1, 0.15) is 17.3 Å². The van der Waals surface area contributed by atoms with Crippen LogP contribution in [0.4, 0.5) is 9.52 Å². The van der Waals surface area contributed by atoms with Crippen LogP contribution in [0.25, 0.3) is 22.6 Å². The maximum absolute atomic E-state index is 14.5. The SMILES string of the molecule is CCOc1ccc(-c2csc(NC(=O)c3cnn(C(C)C)c3-c3ccccc3F)n2)nc1. The Morgan fingerprint density at radius 3 is 2.69 bits per heavy atom. The molecule has 9 heteroatoms. The van der Waals surface area contributed by atoms with Crippen LogP contribution >= 0.6 is 11.3 Å². The van der Waals surface area contributed by atoms with Gasteiger partial charge in [-0.15, -0.1) is 11.3 Å². The van der Waals surface area contributed by atoms with Crippen LogP contribution in [0.5, 0.6) is 5.75 Å². The first-order valence-corrected chi connectivity index (χ1v) is 11.0. The van der Waals surface area contributed by atoms with Gasteiger partial charge in [-0.3, -0.25) is 19.8 Å². The maximum Gasteiger partial charge on any atom is 0.261 e. The second-order valence-electron chi connectivity index (χ2n) is 7.23. The lowest BCUT2D eigenvalue weighted by atomic mass is 10.1. The van der Waals surface area contributed by atoms with Gasteiger partial charge in [-0.2, -0.15) is 5.10 Å². The third-order valence-corrected chi connectivity index (χ3v) is 5.45. The van der Waals surface area contributed by atoms with Crippen LogP contribution in [-0.2, 0) is 0 Å². The van der Waals surface area contributed by atoms with Gasteiger partial charge in [0.05, 0.1) is 36.0 Å². The Morgan fingerprint density at radius 2 is 2.00 bits per heavy atom. The summed E-state index contributed by atoms with van der Waals surface area (Å²) in [6.07, 6.45) is 3.09. The fourth-order valence-electron chi connectivity index (χ4n) is 3.24. The number of carbonyl (C=O) groups excluding carboxylic acids is 1. The minimum atomic E-state index is -0.415. The van der Waals surface area contributed by atoms with Crippen LogP contribution in [0, 0.1) is 5.82 Å². The average molecular weight is 452 g/mol. The van der Waals surface area contributed by atoms with Crippen molar-refractivity contribution in [2.24, 2.45) is 0 Å². The van der Waals surface area contributed by atoms with Crippen LogP contribution in [0.3, 0.4) is 0 Å². The molecule has 0 aliphatic carbocycles. The molecule has 0 unspecified atom stereocenters. The van der Waals surface area contributed by atoms with E-state index in [2.05, 4.69) is 20.4 Å². The van der Waals surface area contributed by atoms with Crippen LogP contribution in [0.2, 0.25) is 0 Å². The molecule has 1 aromatic carbocycles. The lowest BCUT2D eigenvalue weighted by molar-refractivity contribution is 0.102. The molecule has 0 atom stereocenters. The molecule has 1 N–H and O–H groups in total. The number of benzene rings is 1. The first kappa shape index (κ1) is 21.6. The third kappa shape index (κ3) is 4.38. The number of amides is 1. The van der Waals surface area contributed by atoms with Gasteiger partial charge in [-0.05, 0) is 45.0 Å². The number of anilines is 1. The first-order chi connectivity index (χ1) is 15.5. The molecule has 0 bridgehead atoms. The first-order valence-electron chi connectivity index (χ1n) is 10.2. The molecular weight excluding hydrogens is 429 g/mol. The minimum absolute atomic E-state index is 0.0524. The van der Waals surface area contributed by atoms with Crippen molar-refractivity contribution < 1.29 is 13.9 Å². The Balaban J connectivity index is 1.60. The average Bonchev–Trinajstić information content (AvgIpc) is 3.42. The highest BCUT2D eigenvalue weighted by atomic mass is 32.1. The molecular formula is C23H22FN5O2S. The summed E-state index contributed by atoms with van der Waals surface area (Å²) < 4.78 is 21.6. The van der Waals surface area contributed by atoms with E-state index in [-0.39, 0.29) is 11.6 Å². The number of pyridine rings is 1. The van der Waals surface area contributed by atoms with Crippen molar-refractivity contribution in [3.63, 3.8) is 0 Å². The van der Waals surface area contributed by atoms with E-state index < -0.39 is 11.7 Å². The highest BCUT2D eigenvalue weighted by Crippen LogP contribution is 2.30. The number of ether oxygens (including phenoxy) is 1. The lowest BCUT2D eigenvalue weighted by Gasteiger charge is -2.13. The molecule has 4 rings (SSSR count). The van der Waals surface area contributed by atoms with E-state index in [1.807, 2.05) is 38.3 Å². The number of halogens is 1. The third-order valence-electron chi connectivity index (χ3n) is 4.69. The fourth-order valence-corrected chi connectivity index (χ4v) is 3.94. The molecule has 0 radical (unpaired) electrons. The van der Waals surface area contributed by atoms with Gasteiger partial charge in [-0.1, -0.05) is 12.1 Å². The molecule has 4 aromatic rings. The van der Waals surface area contributed by atoms with Crippen molar-refractivity contribution in [3.8, 4) is 28.4 Å². The van der Waals surface area contributed by atoms with Gasteiger partial charge in [0.2, 0.25) is 0 Å². The largest absolute Gasteiger partial charge is 0.492 e. The topological polar surface area (TPSA) is 81.9 Å². The molecule has 164 valence electrons. The van der Waals surface area contributed by atoms with Crippen LogP contribution in [-0.4, -0.2) is 32.3 Å². The van der Waals surface area contributed by atoms with E-state index in [1.54, 1.807) is 29.1 Å². The number of thiazole rings is 1. The minimum Gasteiger partial charge on any atom is -0.492 e. The monoisotopic (exact) mass is 451 g/mol. The lowest BCUT2D eigenvalue weighted by Crippen LogP contribution is -2.14. The Bertz CT molecular complexity index is 1230. The molecule has 0 aliphatic heterocycles. The van der Waals surface area contributed by atoms with E-state index in [0.717, 1.165) is 0 Å². The van der Waals surface area contributed by atoms with Crippen LogP contribution in [0.1, 0.15) is 37.2 Å². The number of hydrogen-bond donors (Lipinski definition) is 1. The highest BCUT2D eigenvalue weighted by Gasteiger charge is 2.23. The van der Waals surface area contributed by atoms with Crippen LogP contribution < -0.4 is 10.1 Å². The summed E-state index contributed by atoms with van der Waals surface area (Å²) in [7, 11) is 0. The maximum atomic E-state index is 14.5. The number of nitrogens with one attached hydrogen (secondary N) is 1. The molecule has 0 fully saturated rings. The van der Waals surface area contributed by atoms with E-state index in [0.29, 0.717) is 40.1 Å². The zero-order chi connectivity index (χ0) is 22.7. The van der Waals surface area contributed by atoms with Crippen molar-refractivity contribution in [1.82, 2.24) is 19.7 Å². The van der Waals surface area contributed by atoms with Crippen molar-refractivity contribution in [2.45, 2.75) is 26.8 Å². The van der Waals surface area contributed by atoms with Gasteiger partial charge in [0.15, 0.2) is 5.13 Å². The second-order valence-corrected chi connectivity index (χ2v) is 8.09. The van der Waals surface area contributed by atoms with Gasteiger partial charge < -0.3 is 4.74 Å². The molecule has 0 aliphatic rings. The smallest absolute Gasteiger partial charge is 0.261 e. The Hall–Kier alpha value is -3.59. The summed E-state index contributed by atoms with van der Waals surface area (Å²) in [5.74, 6) is -0.138. The molecule has 0 saturated heterocycles. The normalized spacial score (nSPS) is 11.0. The molecule has 1 amide bonds. The van der Waals surface area contributed by atoms with E-state index in [9.17, 15) is 9.18 Å². The Labute approximate surface area is 188 Å². The number of carbonyl (C=O) groups is 1. The second kappa shape index (κ2) is 9.27. The summed E-state index contributed by atoms with van der Waals surface area (Å²) >= 11 is 1.28. The number of rotatable bonds is 7. The van der Waals surface area contributed by atoms with Gasteiger partial charge in [-0.25, -0.2) is 9.37 Å². The summed E-state index contributed by atoms with van der Waals surface area (Å²) in [5.41, 5.74) is 2.34. The van der Waals surface area contributed by atoms with Crippen molar-refractivity contribution in [2.75, 3.05) is 11.9 Å². The Morgan fingerprint density at radius 1 is 1.19 bits per heavy atom. The zero-order valence-electron chi connectivity index (χ0n) is 17.9. The zero-order valence-corrected chi connectivity index (χ0v) is 18.7. The predicted octanol–water partition coefficient (Wildman–Crippen LogP) is 5.44. The molecule has 0 spiro atoms. The van der Waals surface area contributed by atoms with E-state index in [1.165, 1.54) is 23.6 Å². The summed E-state index contributed by atoms with van der Waals surface area (Å²) in [6, 6.07) is 9.93. The quantitative estimate of drug-likeness (QED) is 0.405. The molecule has 3 aromatic heterocycles. The van der Waals surface area contributed by atoms with E-state index >= 15 is 0 Å². The van der Waals surface area contributed by atoms with Crippen LogP contribution in [0.15, 0.2) is 54.2 Å². The fraction of sp³-hybridized carbons (Fsp3) is 0.217. The van der Waals surface area contributed by atoms with Crippen molar-refractivity contribution in [3.05, 3.63) is 65.6 Å². The molecule has 32 heavy (non-hydrogen) atoms. The van der Waals surface area contributed by atoms with Gasteiger partial charge >= 0.3 is 0 Å². The molecule has 7 nitrogen and oxygen atoms in total. The number of nitrogens with zero attached hydrogens (tertiary/aromatic N) is 4. The summed E-state index contributed by atoms with van der Waals surface area (Å²) in [4.78, 5) is 21.9. The highest BCUT2D eigenvalue weighted by molar-refractivity contribution is 7.14.